The topological polar surface area (TPSA) is 107 Å². The summed E-state index contributed by atoms with van der Waals surface area (Å²) in [5, 5.41) is 23.4. The summed E-state index contributed by atoms with van der Waals surface area (Å²) in [5.41, 5.74) is 2.90. The van der Waals surface area contributed by atoms with Gasteiger partial charge in [-0.2, -0.15) is 0 Å². The van der Waals surface area contributed by atoms with E-state index in [-0.39, 0.29) is 5.75 Å². The molecule has 0 aliphatic carbocycles. The highest BCUT2D eigenvalue weighted by Gasteiger charge is 2.09. The molecule has 9 heteroatoms. The van der Waals surface area contributed by atoms with Gasteiger partial charge in [0.2, 0.25) is 5.13 Å². The van der Waals surface area contributed by atoms with Crippen LogP contribution in [0.3, 0.4) is 0 Å². The summed E-state index contributed by atoms with van der Waals surface area (Å²) in [4.78, 5) is 22.2. The van der Waals surface area contributed by atoms with Gasteiger partial charge in [-0.15, -0.1) is 10.2 Å². The molecule has 7 nitrogen and oxygen atoms in total. The van der Waals surface area contributed by atoms with Crippen LogP contribution in [0.15, 0.2) is 22.5 Å². The monoisotopic (exact) mass is 337 g/mol. The van der Waals surface area contributed by atoms with E-state index in [4.69, 9.17) is 0 Å². The Morgan fingerprint density at radius 2 is 2.00 bits per heavy atom. The summed E-state index contributed by atoms with van der Waals surface area (Å²) in [6, 6.07) is 5.17. The summed E-state index contributed by atoms with van der Waals surface area (Å²) < 4.78 is 0.450. The number of hydrogen-bond donors (Lipinski definition) is 2. The average molecular weight is 337 g/mol. The van der Waals surface area contributed by atoms with Gasteiger partial charge in [-0.05, 0) is 37.1 Å². The zero-order valence-corrected chi connectivity index (χ0v) is 13.5. The molecule has 116 valence electrons. The standard InChI is InChI=1S/C13H14N4O3S2/c1-7-3-4-9(5-8(7)2)14-11(20)15-12-16-17-13(22-12)21-6-10(18)19/h3-5H,6H2,1-2H3,(H,18,19)(H2,14,15,16,20)/p-1. The molecule has 0 saturated heterocycles. The molecular formula is C13H13N4O3S2-. The third-order valence-corrected chi connectivity index (χ3v) is 4.65. The zero-order chi connectivity index (χ0) is 16.1. The zero-order valence-electron chi connectivity index (χ0n) is 11.9. The second-order valence-corrected chi connectivity index (χ2v) is 6.61. The fourth-order valence-corrected chi connectivity index (χ4v) is 2.98. The van der Waals surface area contributed by atoms with E-state index in [2.05, 4.69) is 20.8 Å². The van der Waals surface area contributed by atoms with Crippen molar-refractivity contribution in [3.8, 4) is 0 Å². The lowest BCUT2D eigenvalue weighted by atomic mass is 10.1. The normalized spacial score (nSPS) is 10.3. The van der Waals surface area contributed by atoms with Gasteiger partial charge in [0.05, 0.1) is 5.97 Å². The molecule has 0 unspecified atom stereocenters. The predicted molar refractivity (Wildman–Crippen MR) is 84.2 cm³/mol. The highest BCUT2D eigenvalue weighted by Crippen LogP contribution is 2.25. The Morgan fingerprint density at radius 1 is 1.23 bits per heavy atom. The number of rotatable bonds is 5. The third kappa shape index (κ3) is 4.71. The van der Waals surface area contributed by atoms with E-state index < -0.39 is 12.0 Å². The highest BCUT2D eigenvalue weighted by molar-refractivity contribution is 8.01. The maximum Gasteiger partial charge on any atom is 0.325 e. The van der Waals surface area contributed by atoms with Crippen LogP contribution in [0.1, 0.15) is 11.1 Å². The molecule has 2 rings (SSSR count). The number of urea groups is 1. The van der Waals surface area contributed by atoms with Crippen molar-refractivity contribution in [2.75, 3.05) is 16.4 Å². The van der Waals surface area contributed by atoms with Gasteiger partial charge < -0.3 is 15.2 Å². The van der Waals surface area contributed by atoms with Gasteiger partial charge in [-0.3, -0.25) is 5.32 Å². The number of carbonyl (C=O) groups is 2. The number of anilines is 2. The molecule has 0 spiro atoms. The van der Waals surface area contributed by atoms with Crippen LogP contribution in [0, 0.1) is 13.8 Å². The van der Waals surface area contributed by atoms with E-state index in [1.165, 1.54) is 0 Å². The van der Waals surface area contributed by atoms with Crippen molar-refractivity contribution < 1.29 is 14.7 Å². The third-order valence-electron chi connectivity index (χ3n) is 2.71. The first kappa shape index (κ1) is 16.2. The van der Waals surface area contributed by atoms with Gasteiger partial charge in [-0.25, -0.2) is 4.79 Å². The Kier molecular flexibility index (Phi) is 5.34. The lowest BCUT2D eigenvalue weighted by Crippen LogP contribution is -2.24. The molecule has 1 heterocycles. The first-order valence-electron chi connectivity index (χ1n) is 6.25. The Hall–Kier alpha value is -2.13. The number of nitrogens with zero attached hydrogens (tertiary/aromatic N) is 2. The van der Waals surface area contributed by atoms with E-state index in [0.717, 1.165) is 34.2 Å². The number of carboxylic acids is 1. The van der Waals surface area contributed by atoms with Crippen molar-refractivity contribution in [1.82, 2.24) is 10.2 Å². The lowest BCUT2D eigenvalue weighted by Gasteiger charge is -2.07. The molecule has 0 radical (unpaired) electrons. The van der Waals surface area contributed by atoms with Gasteiger partial charge in [0.25, 0.3) is 0 Å². The van der Waals surface area contributed by atoms with Gasteiger partial charge in [0.1, 0.15) is 0 Å². The average Bonchev–Trinajstić information content (AvgIpc) is 2.88. The fourth-order valence-electron chi connectivity index (χ4n) is 1.52. The van der Waals surface area contributed by atoms with Gasteiger partial charge in [-0.1, -0.05) is 29.2 Å². The quantitative estimate of drug-likeness (QED) is 0.634. The van der Waals surface area contributed by atoms with E-state index in [9.17, 15) is 14.7 Å². The van der Waals surface area contributed by atoms with Gasteiger partial charge in [0.15, 0.2) is 4.34 Å². The number of carbonyl (C=O) groups excluding carboxylic acids is 2. The Bertz CT molecular complexity index is 702. The number of hydrogen-bond acceptors (Lipinski definition) is 7. The first-order chi connectivity index (χ1) is 10.4. The van der Waals surface area contributed by atoms with Crippen molar-refractivity contribution in [2.24, 2.45) is 0 Å². The minimum Gasteiger partial charge on any atom is -0.549 e. The number of thioether (sulfide) groups is 1. The molecule has 0 aliphatic rings. The van der Waals surface area contributed by atoms with Crippen LogP contribution in [0.25, 0.3) is 0 Å². The molecular weight excluding hydrogens is 324 g/mol. The number of aryl methyl sites for hydroxylation is 2. The van der Waals surface area contributed by atoms with Crippen molar-refractivity contribution in [1.29, 1.82) is 0 Å². The van der Waals surface area contributed by atoms with Crippen molar-refractivity contribution in [3.63, 3.8) is 0 Å². The molecule has 0 saturated carbocycles. The van der Waals surface area contributed by atoms with Crippen LogP contribution < -0.4 is 15.7 Å². The lowest BCUT2D eigenvalue weighted by molar-refractivity contribution is -0.301. The molecule has 1 aromatic carbocycles. The number of aromatic nitrogens is 2. The van der Waals surface area contributed by atoms with Crippen LogP contribution in [0.4, 0.5) is 15.6 Å². The Labute approximate surface area is 135 Å². The number of carboxylic acid groups (broad SMARTS) is 1. The second kappa shape index (κ2) is 7.23. The molecule has 0 aliphatic heterocycles. The first-order valence-corrected chi connectivity index (χ1v) is 8.05. The Balaban J connectivity index is 1.91. The van der Waals surface area contributed by atoms with E-state index in [1.807, 2.05) is 32.0 Å². The van der Waals surface area contributed by atoms with Crippen LogP contribution >= 0.6 is 23.1 Å². The molecule has 0 bridgehead atoms. The van der Waals surface area contributed by atoms with Gasteiger partial charge >= 0.3 is 6.03 Å². The second-order valence-electron chi connectivity index (χ2n) is 4.41. The smallest absolute Gasteiger partial charge is 0.325 e. The summed E-state index contributed by atoms with van der Waals surface area (Å²) in [5.74, 6) is -1.38. The van der Waals surface area contributed by atoms with Crippen molar-refractivity contribution >= 4 is 45.9 Å². The van der Waals surface area contributed by atoms with E-state index >= 15 is 0 Å². The number of benzene rings is 1. The summed E-state index contributed by atoms with van der Waals surface area (Å²) in [6.07, 6.45) is 0. The molecule has 2 amide bonds. The van der Waals surface area contributed by atoms with Crippen LogP contribution in [0.2, 0.25) is 0 Å². The van der Waals surface area contributed by atoms with Crippen molar-refractivity contribution in [2.45, 2.75) is 18.2 Å². The number of aliphatic carboxylic acids is 1. The maximum absolute atomic E-state index is 11.9. The molecule has 2 N–H and O–H groups in total. The van der Waals surface area contributed by atoms with Crippen LogP contribution in [-0.2, 0) is 4.79 Å². The number of amides is 2. The summed E-state index contributed by atoms with van der Waals surface area (Å²) >= 11 is 2.09. The molecule has 0 fully saturated rings. The SMILES string of the molecule is Cc1ccc(NC(=O)Nc2nnc(SCC(=O)[O-])s2)cc1C. The summed E-state index contributed by atoms with van der Waals surface area (Å²) in [6.45, 7) is 3.95. The Morgan fingerprint density at radius 3 is 2.68 bits per heavy atom. The van der Waals surface area contributed by atoms with Gasteiger partial charge in [0, 0.05) is 11.4 Å². The fraction of sp³-hybridized carbons (Fsp3) is 0.231. The van der Waals surface area contributed by atoms with Crippen molar-refractivity contribution in [3.05, 3.63) is 29.3 Å². The van der Waals surface area contributed by atoms with Crippen LogP contribution in [-0.4, -0.2) is 28.0 Å². The molecule has 1 aromatic heterocycles. The summed E-state index contributed by atoms with van der Waals surface area (Å²) in [7, 11) is 0. The van der Waals surface area contributed by atoms with Crippen LogP contribution in [0.5, 0.6) is 0 Å². The molecule has 2 aromatic rings. The minimum absolute atomic E-state index is 0.205. The largest absolute Gasteiger partial charge is 0.549 e. The number of nitrogens with one attached hydrogen (secondary N) is 2. The van der Waals surface area contributed by atoms with E-state index in [0.29, 0.717) is 15.2 Å². The predicted octanol–water partition coefficient (Wildman–Crippen LogP) is 1.64. The highest BCUT2D eigenvalue weighted by atomic mass is 32.2. The maximum atomic E-state index is 11.9. The minimum atomic E-state index is -1.18. The molecule has 22 heavy (non-hydrogen) atoms. The molecule has 0 atom stereocenters. The van der Waals surface area contributed by atoms with E-state index in [1.54, 1.807) is 0 Å².